The van der Waals surface area contributed by atoms with Crippen molar-refractivity contribution in [3.8, 4) is 0 Å². The number of benzene rings is 1. The largest absolute Gasteiger partial charge is 0.351 e. The lowest BCUT2D eigenvalue weighted by Gasteiger charge is -2.20. The van der Waals surface area contributed by atoms with Crippen molar-refractivity contribution in [2.45, 2.75) is 46.1 Å². The third-order valence-electron chi connectivity index (χ3n) is 2.51. The molecule has 4 heteroatoms. The molecule has 0 aliphatic rings. The van der Waals surface area contributed by atoms with Gasteiger partial charge in [0.25, 0.3) is 0 Å². The van der Waals surface area contributed by atoms with Crippen LogP contribution in [0.15, 0.2) is 24.3 Å². The summed E-state index contributed by atoms with van der Waals surface area (Å²) in [4.78, 5) is 23.4. The molecule has 0 radical (unpaired) electrons. The van der Waals surface area contributed by atoms with Gasteiger partial charge in [-0.05, 0) is 38.8 Å². The highest BCUT2D eigenvalue weighted by Gasteiger charge is 2.16. The summed E-state index contributed by atoms with van der Waals surface area (Å²) in [6, 6.07) is 7.61. The zero-order valence-electron chi connectivity index (χ0n) is 12.0. The number of aryl methyl sites for hydroxylation is 1. The highest BCUT2D eigenvalue weighted by atomic mass is 16.2. The summed E-state index contributed by atoms with van der Waals surface area (Å²) in [5.74, 6) is -0.554. The summed E-state index contributed by atoms with van der Waals surface area (Å²) in [5, 5.41) is 5.54. The Hall–Kier alpha value is -1.84. The Bertz CT molecular complexity index is 461. The average molecular weight is 262 g/mol. The first-order chi connectivity index (χ1) is 8.81. The number of rotatable bonds is 4. The van der Waals surface area contributed by atoms with Crippen molar-refractivity contribution in [3.05, 3.63) is 29.8 Å². The van der Waals surface area contributed by atoms with Gasteiger partial charge in [0.2, 0.25) is 11.8 Å². The smallest absolute Gasteiger partial charge is 0.233 e. The Morgan fingerprint density at radius 3 is 2.32 bits per heavy atom. The number of hydrogen-bond donors (Lipinski definition) is 2. The molecule has 1 aromatic carbocycles. The molecule has 19 heavy (non-hydrogen) atoms. The Morgan fingerprint density at radius 1 is 1.11 bits per heavy atom. The van der Waals surface area contributed by atoms with Crippen molar-refractivity contribution in [3.63, 3.8) is 0 Å². The molecule has 4 nitrogen and oxygen atoms in total. The lowest BCUT2D eigenvalue weighted by atomic mass is 10.1. The average Bonchev–Trinajstić information content (AvgIpc) is 2.26. The molecule has 0 saturated heterocycles. The van der Waals surface area contributed by atoms with Gasteiger partial charge in [0.05, 0.1) is 0 Å². The van der Waals surface area contributed by atoms with Crippen LogP contribution in [0.5, 0.6) is 0 Å². The van der Waals surface area contributed by atoms with Gasteiger partial charge in [-0.1, -0.05) is 25.1 Å². The van der Waals surface area contributed by atoms with Crippen LogP contribution in [0.1, 0.15) is 39.7 Å². The van der Waals surface area contributed by atoms with Crippen molar-refractivity contribution >= 4 is 17.5 Å². The minimum absolute atomic E-state index is 0.157. The summed E-state index contributed by atoms with van der Waals surface area (Å²) in [6.45, 7) is 7.68. The standard InChI is InChI=1S/C15H22N2O2/c1-5-11-8-6-7-9-12(11)16-13(18)10-14(19)17-15(2,3)4/h6-9H,5,10H2,1-4H3,(H,16,18)(H,17,19). The van der Waals surface area contributed by atoms with Gasteiger partial charge in [0.1, 0.15) is 6.42 Å². The topological polar surface area (TPSA) is 58.2 Å². The molecule has 2 amide bonds. The third-order valence-corrected chi connectivity index (χ3v) is 2.51. The Morgan fingerprint density at radius 2 is 1.74 bits per heavy atom. The fourth-order valence-electron chi connectivity index (χ4n) is 1.75. The van der Waals surface area contributed by atoms with Crippen LogP contribution in [0.4, 0.5) is 5.69 Å². The molecule has 0 aliphatic heterocycles. The van der Waals surface area contributed by atoms with Crippen LogP contribution in [-0.2, 0) is 16.0 Å². The maximum absolute atomic E-state index is 11.8. The number of para-hydroxylation sites is 1. The SMILES string of the molecule is CCc1ccccc1NC(=O)CC(=O)NC(C)(C)C. The molecular formula is C15H22N2O2. The molecule has 2 N–H and O–H groups in total. The first-order valence-corrected chi connectivity index (χ1v) is 6.50. The Labute approximate surface area is 114 Å². The van der Waals surface area contributed by atoms with Crippen molar-refractivity contribution in [1.29, 1.82) is 0 Å². The molecule has 104 valence electrons. The molecule has 0 fully saturated rings. The number of nitrogens with one attached hydrogen (secondary N) is 2. The summed E-state index contributed by atoms with van der Waals surface area (Å²) in [7, 11) is 0. The number of carbonyl (C=O) groups excluding carboxylic acids is 2. The van der Waals surface area contributed by atoms with E-state index in [-0.39, 0.29) is 23.8 Å². The molecule has 0 heterocycles. The summed E-state index contributed by atoms with van der Waals surface area (Å²) in [5.41, 5.74) is 1.52. The van der Waals surface area contributed by atoms with Crippen LogP contribution in [0.3, 0.4) is 0 Å². The van der Waals surface area contributed by atoms with Crippen molar-refractivity contribution in [2.75, 3.05) is 5.32 Å². The highest BCUT2D eigenvalue weighted by molar-refractivity contribution is 6.04. The summed E-state index contributed by atoms with van der Waals surface area (Å²) in [6.07, 6.45) is 0.681. The Balaban J connectivity index is 2.58. The molecule has 0 spiro atoms. The minimum atomic E-state index is -0.321. The third kappa shape index (κ3) is 5.55. The van der Waals surface area contributed by atoms with Crippen LogP contribution >= 0.6 is 0 Å². The van der Waals surface area contributed by atoms with Gasteiger partial charge in [-0.25, -0.2) is 0 Å². The van der Waals surface area contributed by atoms with E-state index >= 15 is 0 Å². The van der Waals surface area contributed by atoms with E-state index in [4.69, 9.17) is 0 Å². The second-order valence-electron chi connectivity index (χ2n) is 5.53. The van der Waals surface area contributed by atoms with Gasteiger partial charge in [-0.3, -0.25) is 9.59 Å². The fourth-order valence-corrected chi connectivity index (χ4v) is 1.75. The molecule has 0 aliphatic carbocycles. The van der Waals surface area contributed by atoms with E-state index in [0.717, 1.165) is 17.7 Å². The van der Waals surface area contributed by atoms with Gasteiger partial charge >= 0.3 is 0 Å². The van der Waals surface area contributed by atoms with Crippen molar-refractivity contribution in [2.24, 2.45) is 0 Å². The van der Waals surface area contributed by atoms with Crippen molar-refractivity contribution in [1.82, 2.24) is 5.32 Å². The molecule has 0 saturated carbocycles. The number of anilines is 1. The molecule has 0 unspecified atom stereocenters. The number of amides is 2. The van der Waals surface area contributed by atoms with E-state index in [1.54, 1.807) is 0 Å². The first kappa shape index (κ1) is 15.2. The van der Waals surface area contributed by atoms with Crippen LogP contribution in [0, 0.1) is 0 Å². The van der Waals surface area contributed by atoms with Gasteiger partial charge in [0, 0.05) is 11.2 Å². The van der Waals surface area contributed by atoms with E-state index in [1.807, 2.05) is 52.0 Å². The number of carbonyl (C=O) groups is 2. The van der Waals surface area contributed by atoms with E-state index in [2.05, 4.69) is 10.6 Å². The van der Waals surface area contributed by atoms with E-state index in [9.17, 15) is 9.59 Å². The highest BCUT2D eigenvalue weighted by Crippen LogP contribution is 2.15. The quantitative estimate of drug-likeness (QED) is 0.819. The lowest BCUT2D eigenvalue weighted by Crippen LogP contribution is -2.41. The van der Waals surface area contributed by atoms with Crippen LogP contribution in [0.25, 0.3) is 0 Å². The zero-order chi connectivity index (χ0) is 14.5. The van der Waals surface area contributed by atoms with Gasteiger partial charge in [0.15, 0.2) is 0 Å². The Kier molecular flexibility index (Phi) is 5.10. The van der Waals surface area contributed by atoms with Gasteiger partial charge in [-0.15, -0.1) is 0 Å². The summed E-state index contributed by atoms with van der Waals surface area (Å²) >= 11 is 0. The van der Waals surface area contributed by atoms with Gasteiger partial charge in [-0.2, -0.15) is 0 Å². The fraction of sp³-hybridized carbons (Fsp3) is 0.467. The predicted octanol–water partition coefficient (Wildman–Crippen LogP) is 2.49. The molecule has 0 atom stereocenters. The normalized spacial score (nSPS) is 10.9. The zero-order valence-corrected chi connectivity index (χ0v) is 12.0. The lowest BCUT2D eigenvalue weighted by molar-refractivity contribution is -0.127. The van der Waals surface area contributed by atoms with E-state index < -0.39 is 0 Å². The van der Waals surface area contributed by atoms with Crippen LogP contribution in [0.2, 0.25) is 0 Å². The predicted molar refractivity (Wildman–Crippen MR) is 77.0 cm³/mol. The maximum Gasteiger partial charge on any atom is 0.233 e. The maximum atomic E-state index is 11.8. The molecule has 1 rings (SSSR count). The van der Waals surface area contributed by atoms with Gasteiger partial charge < -0.3 is 10.6 Å². The van der Waals surface area contributed by atoms with Crippen LogP contribution in [-0.4, -0.2) is 17.4 Å². The summed E-state index contributed by atoms with van der Waals surface area (Å²) < 4.78 is 0. The monoisotopic (exact) mass is 262 g/mol. The van der Waals surface area contributed by atoms with E-state index in [1.165, 1.54) is 0 Å². The molecule has 1 aromatic rings. The minimum Gasteiger partial charge on any atom is -0.351 e. The molecule has 0 aromatic heterocycles. The second-order valence-corrected chi connectivity index (χ2v) is 5.53. The van der Waals surface area contributed by atoms with E-state index in [0.29, 0.717) is 0 Å². The van der Waals surface area contributed by atoms with Crippen LogP contribution < -0.4 is 10.6 Å². The molecular weight excluding hydrogens is 240 g/mol. The molecule has 0 bridgehead atoms. The van der Waals surface area contributed by atoms with Crippen molar-refractivity contribution < 1.29 is 9.59 Å². The first-order valence-electron chi connectivity index (χ1n) is 6.50. The second kappa shape index (κ2) is 6.36. The number of hydrogen-bond acceptors (Lipinski definition) is 2.